The number of esters is 1. The summed E-state index contributed by atoms with van der Waals surface area (Å²) in [6.07, 6.45) is 0. The summed E-state index contributed by atoms with van der Waals surface area (Å²) in [5.41, 5.74) is 0.388. The van der Waals surface area contributed by atoms with Gasteiger partial charge in [0.05, 0.1) is 10.6 Å². The molecule has 1 aliphatic rings. The lowest BCUT2D eigenvalue weighted by Gasteiger charge is -2.09. The Labute approximate surface area is 142 Å². The molecule has 1 heterocycles. The minimum absolute atomic E-state index is 0.0895. The summed E-state index contributed by atoms with van der Waals surface area (Å²) in [5.74, 6) is 1.16. The molecule has 3 rings (SSSR count). The summed E-state index contributed by atoms with van der Waals surface area (Å²) in [6.45, 7) is 0.424. The lowest BCUT2D eigenvalue weighted by molar-refractivity contribution is 0.0450. The summed E-state index contributed by atoms with van der Waals surface area (Å²) >= 11 is 11.8. The highest BCUT2D eigenvalue weighted by Gasteiger charge is 2.16. The van der Waals surface area contributed by atoms with E-state index in [4.69, 9.17) is 42.1 Å². The molecule has 5 nitrogen and oxygen atoms in total. The van der Waals surface area contributed by atoms with Crippen LogP contribution in [-0.2, 0) is 4.74 Å². The molecule has 0 N–H and O–H groups in total. The van der Waals surface area contributed by atoms with Gasteiger partial charge in [0.2, 0.25) is 6.79 Å². The molecule has 0 amide bonds. The first-order valence-electron chi connectivity index (χ1n) is 6.78. The van der Waals surface area contributed by atoms with Crippen molar-refractivity contribution >= 4 is 29.2 Å². The molecule has 23 heavy (non-hydrogen) atoms. The second-order valence-electron chi connectivity index (χ2n) is 4.63. The number of hydrogen-bond acceptors (Lipinski definition) is 5. The molecule has 0 radical (unpaired) electrons. The van der Waals surface area contributed by atoms with E-state index in [0.717, 1.165) is 0 Å². The van der Waals surface area contributed by atoms with Crippen molar-refractivity contribution in [1.29, 1.82) is 0 Å². The van der Waals surface area contributed by atoms with E-state index in [0.29, 0.717) is 32.9 Å². The van der Waals surface area contributed by atoms with E-state index in [1.165, 1.54) is 0 Å². The topological polar surface area (TPSA) is 54.0 Å². The van der Waals surface area contributed by atoms with Crippen LogP contribution in [0.15, 0.2) is 36.4 Å². The zero-order chi connectivity index (χ0) is 16.2. The fourth-order valence-corrected chi connectivity index (χ4v) is 2.45. The first-order chi connectivity index (χ1) is 11.1. The third kappa shape index (κ3) is 3.81. The molecule has 0 aliphatic carbocycles. The normalized spacial score (nSPS) is 12.1. The van der Waals surface area contributed by atoms with Crippen LogP contribution < -0.4 is 14.2 Å². The van der Waals surface area contributed by atoms with Gasteiger partial charge in [0.1, 0.15) is 19.0 Å². The van der Waals surface area contributed by atoms with Crippen LogP contribution in [0.5, 0.6) is 17.2 Å². The van der Waals surface area contributed by atoms with E-state index >= 15 is 0 Å². The summed E-state index contributed by atoms with van der Waals surface area (Å²) < 4.78 is 21.0. The van der Waals surface area contributed by atoms with E-state index in [1.807, 2.05) is 0 Å². The fourth-order valence-electron chi connectivity index (χ4n) is 1.99. The Morgan fingerprint density at radius 3 is 2.70 bits per heavy atom. The molecule has 0 saturated heterocycles. The monoisotopic (exact) mass is 354 g/mol. The van der Waals surface area contributed by atoms with Gasteiger partial charge in [-0.25, -0.2) is 4.79 Å². The van der Waals surface area contributed by atoms with E-state index in [1.54, 1.807) is 36.4 Å². The Balaban J connectivity index is 1.49. The lowest BCUT2D eigenvalue weighted by atomic mass is 10.2. The Bertz CT molecular complexity index is 732. The number of carbonyl (C=O) groups is 1. The number of halogens is 2. The van der Waals surface area contributed by atoms with Crippen LogP contribution in [0.3, 0.4) is 0 Å². The van der Waals surface area contributed by atoms with Crippen molar-refractivity contribution < 1.29 is 23.7 Å². The third-order valence-electron chi connectivity index (χ3n) is 3.08. The quantitative estimate of drug-likeness (QED) is 0.600. The van der Waals surface area contributed by atoms with Gasteiger partial charge in [0.15, 0.2) is 11.5 Å². The van der Waals surface area contributed by atoms with Crippen molar-refractivity contribution in [1.82, 2.24) is 0 Å². The van der Waals surface area contributed by atoms with Gasteiger partial charge in [-0.3, -0.25) is 0 Å². The zero-order valence-corrected chi connectivity index (χ0v) is 13.4. The van der Waals surface area contributed by atoms with Gasteiger partial charge in [-0.2, -0.15) is 0 Å². The Morgan fingerprint density at radius 2 is 1.87 bits per heavy atom. The standard InChI is InChI=1S/C16H12Cl2O5/c17-11-2-4-13(12(18)8-11)20-5-6-21-16(19)10-1-3-14-15(7-10)23-9-22-14/h1-4,7-8H,5-6,9H2. The second-order valence-corrected chi connectivity index (χ2v) is 5.47. The van der Waals surface area contributed by atoms with Gasteiger partial charge >= 0.3 is 5.97 Å². The van der Waals surface area contributed by atoms with Gasteiger partial charge in [0.25, 0.3) is 0 Å². The Kier molecular flexibility index (Phi) is 4.79. The number of carbonyl (C=O) groups excluding carboxylic acids is 1. The van der Waals surface area contributed by atoms with Gasteiger partial charge in [-0.15, -0.1) is 0 Å². The minimum atomic E-state index is -0.464. The highest BCUT2D eigenvalue weighted by atomic mass is 35.5. The molecule has 2 aromatic carbocycles. The number of hydrogen-bond donors (Lipinski definition) is 0. The maximum absolute atomic E-state index is 11.9. The van der Waals surface area contributed by atoms with E-state index < -0.39 is 5.97 Å². The minimum Gasteiger partial charge on any atom is -0.488 e. The van der Waals surface area contributed by atoms with Crippen molar-refractivity contribution in [2.24, 2.45) is 0 Å². The molecule has 0 spiro atoms. The number of benzene rings is 2. The fraction of sp³-hybridized carbons (Fsp3) is 0.188. The second kappa shape index (κ2) is 6.98. The number of ether oxygens (including phenoxy) is 4. The summed E-state index contributed by atoms with van der Waals surface area (Å²) in [5, 5.41) is 0.927. The van der Waals surface area contributed by atoms with Crippen molar-refractivity contribution in [2.75, 3.05) is 20.0 Å². The molecule has 0 saturated carbocycles. The highest BCUT2D eigenvalue weighted by Crippen LogP contribution is 2.32. The van der Waals surface area contributed by atoms with Gasteiger partial charge < -0.3 is 18.9 Å². The van der Waals surface area contributed by atoms with Crippen LogP contribution in [-0.4, -0.2) is 26.0 Å². The van der Waals surface area contributed by atoms with E-state index in [-0.39, 0.29) is 20.0 Å². The van der Waals surface area contributed by atoms with Crippen LogP contribution in [0.1, 0.15) is 10.4 Å². The first kappa shape index (κ1) is 15.8. The maximum atomic E-state index is 11.9. The molecule has 0 aromatic heterocycles. The van der Waals surface area contributed by atoms with Gasteiger partial charge in [-0.1, -0.05) is 23.2 Å². The summed E-state index contributed by atoms with van der Waals surface area (Å²) in [6, 6.07) is 9.78. The van der Waals surface area contributed by atoms with Crippen LogP contribution in [0.25, 0.3) is 0 Å². The van der Waals surface area contributed by atoms with Gasteiger partial charge in [-0.05, 0) is 36.4 Å². The van der Waals surface area contributed by atoms with E-state index in [2.05, 4.69) is 0 Å². The lowest BCUT2D eigenvalue weighted by Crippen LogP contribution is -2.12. The SMILES string of the molecule is O=C(OCCOc1ccc(Cl)cc1Cl)c1ccc2c(c1)OCO2. The van der Waals surface area contributed by atoms with Crippen molar-refractivity contribution in [3.63, 3.8) is 0 Å². The van der Waals surface area contributed by atoms with Crippen LogP contribution >= 0.6 is 23.2 Å². The Hall–Kier alpha value is -2.11. The van der Waals surface area contributed by atoms with Gasteiger partial charge in [0, 0.05) is 5.02 Å². The molecule has 2 aromatic rings. The smallest absolute Gasteiger partial charge is 0.338 e. The summed E-state index contributed by atoms with van der Waals surface area (Å²) in [4.78, 5) is 11.9. The molecular formula is C16H12Cl2O5. The predicted octanol–water partition coefficient (Wildman–Crippen LogP) is 3.96. The highest BCUT2D eigenvalue weighted by molar-refractivity contribution is 6.35. The zero-order valence-electron chi connectivity index (χ0n) is 11.9. The molecule has 0 fully saturated rings. The van der Waals surface area contributed by atoms with Crippen LogP contribution in [0.4, 0.5) is 0 Å². The Morgan fingerprint density at radius 1 is 1.04 bits per heavy atom. The number of rotatable bonds is 5. The van der Waals surface area contributed by atoms with Crippen LogP contribution in [0.2, 0.25) is 10.0 Å². The maximum Gasteiger partial charge on any atom is 0.338 e. The van der Waals surface area contributed by atoms with Crippen molar-refractivity contribution in [3.8, 4) is 17.2 Å². The molecule has 120 valence electrons. The number of fused-ring (bicyclic) bond motifs is 1. The molecular weight excluding hydrogens is 343 g/mol. The third-order valence-corrected chi connectivity index (χ3v) is 3.61. The molecule has 0 bridgehead atoms. The average Bonchev–Trinajstić information content (AvgIpc) is 3.00. The van der Waals surface area contributed by atoms with Crippen molar-refractivity contribution in [3.05, 3.63) is 52.0 Å². The predicted molar refractivity (Wildman–Crippen MR) is 84.8 cm³/mol. The molecule has 1 aliphatic heterocycles. The largest absolute Gasteiger partial charge is 0.488 e. The van der Waals surface area contributed by atoms with E-state index in [9.17, 15) is 4.79 Å². The molecule has 0 atom stereocenters. The molecule has 0 unspecified atom stereocenters. The van der Waals surface area contributed by atoms with Crippen molar-refractivity contribution in [2.45, 2.75) is 0 Å². The average molecular weight is 355 g/mol. The summed E-state index contributed by atoms with van der Waals surface area (Å²) in [7, 11) is 0. The molecule has 7 heteroatoms. The van der Waals surface area contributed by atoms with Crippen LogP contribution in [0, 0.1) is 0 Å². The first-order valence-corrected chi connectivity index (χ1v) is 7.54.